The maximum Gasteiger partial charge on any atom is 0.137 e. The highest BCUT2D eigenvalue weighted by atomic mass is 79.9. The van der Waals surface area contributed by atoms with E-state index in [1.54, 1.807) is 0 Å². The summed E-state index contributed by atoms with van der Waals surface area (Å²) in [5, 5.41) is 3.39. The summed E-state index contributed by atoms with van der Waals surface area (Å²) in [6, 6.07) is 5.13. The van der Waals surface area contributed by atoms with Crippen LogP contribution >= 0.6 is 15.9 Å². The maximum absolute atomic E-state index is 13.0. The molecule has 0 fully saturated rings. The lowest BCUT2D eigenvalue weighted by atomic mass is 9.98. The number of hydrogen-bond donors (Lipinski definition) is 1. The van der Waals surface area contributed by atoms with Crippen LogP contribution < -0.4 is 5.32 Å². The van der Waals surface area contributed by atoms with Gasteiger partial charge >= 0.3 is 0 Å². The minimum atomic E-state index is -0.209. The Balaban J connectivity index is 2.40. The molecule has 0 aliphatic heterocycles. The van der Waals surface area contributed by atoms with Gasteiger partial charge in [0, 0.05) is 6.54 Å². The van der Waals surface area contributed by atoms with E-state index in [2.05, 4.69) is 42.0 Å². The molecule has 3 heteroatoms. The quantitative estimate of drug-likeness (QED) is 0.864. The summed E-state index contributed by atoms with van der Waals surface area (Å²) in [4.78, 5) is 0. The Morgan fingerprint density at radius 2 is 2.00 bits per heavy atom. The summed E-state index contributed by atoms with van der Waals surface area (Å²) < 4.78 is 13.5. The van der Waals surface area contributed by atoms with Crippen molar-refractivity contribution < 1.29 is 4.39 Å². The van der Waals surface area contributed by atoms with Gasteiger partial charge in [-0.25, -0.2) is 4.39 Å². The summed E-state index contributed by atoms with van der Waals surface area (Å²) >= 11 is 3.19. The first-order chi connectivity index (χ1) is 7.50. The van der Waals surface area contributed by atoms with Gasteiger partial charge in [0.2, 0.25) is 0 Å². The average Bonchev–Trinajstić information content (AvgIpc) is 2.23. The molecule has 0 spiro atoms. The molecule has 1 aromatic rings. The number of benzene rings is 1. The van der Waals surface area contributed by atoms with E-state index < -0.39 is 0 Å². The minimum Gasteiger partial charge on any atom is -0.312 e. The van der Waals surface area contributed by atoms with Crippen LogP contribution in [0.25, 0.3) is 0 Å². The van der Waals surface area contributed by atoms with Crippen molar-refractivity contribution in [1.29, 1.82) is 0 Å². The zero-order valence-corrected chi connectivity index (χ0v) is 11.6. The first-order valence-corrected chi connectivity index (χ1v) is 6.44. The SMILES string of the molecule is CC(C)C(C)CNCc1ccc(F)c(Br)c1. The molecular weight excluding hydrogens is 269 g/mol. The largest absolute Gasteiger partial charge is 0.312 e. The van der Waals surface area contributed by atoms with Gasteiger partial charge in [-0.3, -0.25) is 0 Å². The van der Waals surface area contributed by atoms with Crippen LogP contribution in [0.5, 0.6) is 0 Å². The lowest BCUT2D eigenvalue weighted by Gasteiger charge is -2.16. The van der Waals surface area contributed by atoms with E-state index in [1.165, 1.54) is 6.07 Å². The fraction of sp³-hybridized carbons (Fsp3) is 0.538. The minimum absolute atomic E-state index is 0.209. The van der Waals surface area contributed by atoms with Gasteiger partial charge in [-0.2, -0.15) is 0 Å². The topological polar surface area (TPSA) is 12.0 Å². The van der Waals surface area contributed by atoms with E-state index in [0.717, 1.165) is 18.7 Å². The summed E-state index contributed by atoms with van der Waals surface area (Å²) in [5.41, 5.74) is 1.10. The van der Waals surface area contributed by atoms with Crippen molar-refractivity contribution in [1.82, 2.24) is 5.32 Å². The highest BCUT2D eigenvalue weighted by molar-refractivity contribution is 9.10. The Morgan fingerprint density at radius 3 is 2.56 bits per heavy atom. The standard InChI is InChI=1S/C13H19BrFN/c1-9(2)10(3)7-16-8-11-4-5-13(15)12(14)6-11/h4-6,9-10,16H,7-8H2,1-3H3. The monoisotopic (exact) mass is 287 g/mol. The Hall–Kier alpha value is -0.410. The first kappa shape index (κ1) is 13.7. The van der Waals surface area contributed by atoms with Crippen LogP contribution in [0.3, 0.4) is 0 Å². The molecule has 1 N–H and O–H groups in total. The summed E-state index contributed by atoms with van der Waals surface area (Å²) in [7, 11) is 0. The fourth-order valence-electron chi connectivity index (χ4n) is 1.33. The van der Waals surface area contributed by atoms with Crippen LogP contribution in [-0.4, -0.2) is 6.54 Å². The molecule has 0 saturated carbocycles. The smallest absolute Gasteiger partial charge is 0.137 e. The third kappa shape index (κ3) is 4.22. The molecule has 0 bridgehead atoms. The molecule has 1 nitrogen and oxygen atoms in total. The second-order valence-corrected chi connectivity index (χ2v) is 5.45. The second kappa shape index (κ2) is 6.36. The van der Waals surface area contributed by atoms with Crippen LogP contribution in [-0.2, 0) is 6.54 Å². The Bertz CT molecular complexity index is 339. The predicted octanol–water partition coefficient (Wildman–Crippen LogP) is 3.97. The van der Waals surface area contributed by atoms with Crippen molar-refractivity contribution in [2.75, 3.05) is 6.54 Å². The summed E-state index contributed by atoms with van der Waals surface area (Å²) in [6.45, 7) is 8.46. The molecular formula is C13H19BrFN. The molecule has 16 heavy (non-hydrogen) atoms. The normalized spacial score (nSPS) is 13.1. The van der Waals surface area contributed by atoms with Gasteiger partial charge in [0.15, 0.2) is 0 Å². The van der Waals surface area contributed by atoms with Crippen LogP contribution in [0, 0.1) is 17.7 Å². The van der Waals surface area contributed by atoms with Gasteiger partial charge in [-0.05, 0) is 52.0 Å². The van der Waals surface area contributed by atoms with Crippen molar-refractivity contribution in [3.05, 3.63) is 34.1 Å². The van der Waals surface area contributed by atoms with Gasteiger partial charge in [0.05, 0.1) is 4.47 Å². The van der Waals surface area contributed by atoms with Crippen LogP contribution in [0.2, 0.25) is 0 Å². The molecule has 0 aliphatic rings. The van der Waals surface area contributed by atoms with Gasteiger partial charge < -0.3 is 5.32 Å². The number of nitrogens with one attached hydrogen (secondary N) is 1. The van der Waals surface area contributed by atoms with Gasteiger partial charge in [-0.15, -0.1) is 0 Å². The molecule has 0 heterocycles. The first-order valence-electron chi connectivity index (χ1n) is 5.65. The second-order valence-electron chi connectivity index (χ2n) is 4.60. The number of hydrogen-bond acceptors (Lipinski definition) is 1. The lowest BCUT2D eigenvalue weighted by Crippen LogP contribution is -2.23. The molecule has 0 saturated heterocycles. The molecule has 1 unspecified atom stereocenters. The van der Waals surface area contributed by atoms with Crippen LogP contribution in [0.15, 0.2) is 22.7 Å². The zero-order valence-electron chi connectivity index (χ0n) is 10.1. The third-order valence-electron chi connectivity index (χ3n) is 2.92. The molecule has 0 aromatic heterocycles. The Kier molecular flexibility index (Phi) is 5.42. The molecule has 1 rings (SSSR count). The van der Waals surface area contributed by atoms with E-state index in [-0.39, 0.29) is 5.82 Å². The fourth-order valence-corrected chi connectivity index (χ4v) is 1.76. The van der Waals surface area contributed by atoms with Gasteiger partial charge in [0.25, 0.3) is 0 Å². The summed E-state index contributed by atoms with van der Waals surface area (Å²) in [5.74, 6) is 1.13. The van der Waals surface area contributed by atoms with Crippen LogP contribution in [0.4, 0.5) is 4.39 Å². The van der Waals surface area contributed by atoms with E-state index in [9.17, 15) is 4.39 Å². The lowest BCUT2D eigenvalue weighted by molar-refractivity contribution is 0.392. The average molecular weight is 288 g/mol. The van der Waals surface area contributed by atoms with E-state index in [1.807, 2.05) is 12.1 Å². The van der Waals surface area contributed by atoms with Gasteiger partial charge in [-0.1, -0.05) is 26.8 Å². The maximum atomic E-state index is 13.0. The zero-order chi connectivity index (χ0) is 12.1. The van der Waals surface area contributed by atoms with Crippen LogP contribution in [0.1, 0.15) is 26.3 Å². The predicted molar refractivity (Wildman–Crippen MR) is 69.8 cm³/mol. The Labute approximate surface area is 106 Å². The number of halogens is 2. The highest BCUT2D eigenvalue weighted by Gasteiger charge is 2.06. The van der Waals surface area contributed by atoms with Crippen molar-refractivity contribution in [3.63, 3.8) is 0 Å². The molecule has 0 aliphatic carbocycles. The van der Waals surface area contributed by atoms with E-state index in [4.69, 9.17) is 0 Å². The molecule has 1 atom stereocenters. The molecule has 90 valence electrons. The molecule has 0 radical (unpaired) electrons. The number of rotatable bonds is 5. The highest BCUT2D eigenvalue weighted by Crippen LogP contribution is 2.16. The van der Waals surface area contributed by atoms with Crippen molar-refractivity contribution in [2.24, 2.45) is 11.8 Å². The third-order valence-corrected chi connectivity index (χ3v) is 3.53. The molecule has 1 aromatic carbocycles. The van der Waals surface area contributed by atoms with E-state index >= 15 is 0 Å². The van der Waals surface area contributed by atoms with Crippen molar-refractivity contribution in [2.45, 2.75) is 27.3 Å². The van der Waals surface area contributed by atoms with Crippen molar-refractivity contribution in [3.8, 4) is 0 Å². The van der Waals surface area contributed by atoms with Gasteiger partial charge in [0.1, 0.15) is 5.82 Å². The Morgan fingerprint density at radius 1 is 1.31 bits per heavy atom. The summed E-state index contributed by atoms with van der Waals surface area (Å²) in [6.07, 6.45) is 0. The molecule has 0 amide bonds. The van der Waals surface area contributed by atoms with Crippen molar-refractivity contribution >= 4 is 15.9 Å². The van der Waals surface area contributed by atoms with E-state index in [0.29, 0.717) is 16.3 Å².